The average molecular weight is 227 g/mol. The fourth-order valence-corrected chi connectivity index (χ4v) is 2.29. The van der Waals surface area contributed by atoms with E-state index in [0.29, 0.717) is 19.0 Å². The van der Waals surface area contributed by atoms with Crippen LogP contribution in [-0.4, -0.2) is 47.8 Å². The van der Waals surface area contributed by atoms with Crippen LogP contribution in [0.1, 0.15) is 38.5 Å². The van der Waals surface area contributed by atoms with Gasteiger partial charge in [0.15, 0.2) is 0 Å². The Balaban J connectivity index is 1.79. The summed E-state index contributed by atoms with van der Waals surface area (Å²) in [7, 11) is 0. The molecule has 4 heteroatoms. The number of aliphatic hydroxyl groups is 1. The van der Waals surface area contributed by atoms with Gasteiger partial charge in [0.2, 0.25) is 5.91 Å². The summed E-state index contributed by atoms with van der Waals surface area (Å²) in [6.45, 7) is 1.34. The molecule has 0 radical (unpaired) electrons. The number of hydrogen-bond donors (Lipinski definition) is 1. The van der Waals surface area contributed by atoms with Crippen molar-refractivity contribution in [2.45, 2.75) is 50.7 Å². The number of aliphatic hydroxyl groups excluding tert-OH is 1. The minimum absolute atomic E-state index is 0.0633. The van der Waals surface area contributed by atoms with E-state index in [0.717, 1.165) is 32.3 Å². The molecule has 2 fully saturated rings. The third-order valence-corrected chi connectivity index (χ3v) is 3.33. The number of hydrogen-bond acceptors (Lipinski definition) is 3. The summed E-state index contributed by atoms with van der Waals surface area (Å²) in [4.78, 5) is 13.8. The van der Waals surface area contributed by atoms with E-state index in [2.05, 4.69) is 0 Å². The van der Waals surface area contributed by atoms with Crippen LogP contribution in [0.15, 0.2) is 0 Å². The second-order valence-electron chi connectivity index (χ2n) is 4.73. The highest BCUT2D eigenvalue weighted by atomic mass is 16.5. The molecule has 1 saturated carbocycles. The van der Waals surface area contributed by atoms with Gasteiger partial charge in [-0.1, -0.05) is 0 Å². The van der Waals surface area contributed by atoms with E-state index in [9.17, 15) is 4.79 Å². The minimum Gasteiger partial charge on any atom is -0.395 e. The van der Waals surface area contributed by atoms with Crippen molar-refractivity contribution in [2.75, 3.05) is 19.8 Å². The predicted molar refractivity (Wildman–Crippen MR) is 60.0 cm³/mol. The highest BCUT2D eigenvalue weighted by molar-refractivity contribution is 5.77. The van der Waals surface area contributed by atoms with E-state index >= 15 is 0 Å². The third kappa shape index (κ3) is 3.19. The van der Waals surface area contributed by atoms with Crippen molar-refractivity contribution in [1.82, 2.24) is 4.90 Å². The fourth-order valence-electron chi connectivity index (χ4n) is 2.29. The Morgan fingerprint density at radius 3 is 2.69 bits per heavy atom. The molecule has 0 bridgehead atoms. The average Bonchev–Trinajstić information content (AvgIpc) is 3.11. The van der Waals surface area contributed by atoms with Crippen LogP contribution in [-0.2, 0) is 9.53 Å². The molecule has 0 spiro atoms. The van der Waals surface area contributed by atoms with Crippen LogP contribution < -0.4 is 0 Å². The zero-order valence-electron chi connectivity index (χ0n) is 9.73. The largest absolute Gasteiger partial charge is 0.395 e. The van der Waals surface area contributed by atoms with Crippen molar-refractivity contribution in [3.05, 3.63) is 0 Å². The maximum absolute atomic E-state index is 12.0. The number of amides is 1. The molecule has 2 aliphatic rings. The van der Waals surface area contributed by atoms with Gasteiger partial charge in [-0.15, -0.1) is 0 Å². The summed E-state index contributed by atoms with van der Waals surface area (Å²) in [6, 6.07) is 0.392. The molecular formula is C12H21NO3. The quantitative estimate of drug-likeness (QED) is 0.760. The third-order valence-electron chi connectivity index (χ3n) is 3.33. The Kier molecular flexibility index (Phi) is 4.18. The van der Waals surface area contributed by atoms with Gasteiger partial charge < -0.3 is 14.7 Å². The number of nitrogens with zero attached hydrogens (tertiary/aromatic N) is 1. The standard InChI is InChI=1S/C12H21NO3/c14-7-6-13(10-4-5-10)12(15)9-11-3-1-2-8-16-11/h10-11,14H,1-9H2. The summed E-state index contributed by atoms with van der Waals surface area (Å²) >= 11 is 0. The number of carbonyl (C=O) groups is 1. The van der Waals surface area contributed by atoms with Crippen molar-refractivity contribution < 1.29 is 14.6 Å². The van der Waals surface area contributed by atoms with Crippen LogP contribution in [0.3, 0.4) is 0 Å². The van der Waals surface area contributed by atoms with Crippen LogP contribution in [0.2, 0.25) is 0 Å². The second-order valence-corrected chi connectivity index (χ2v) is 4.73. The topological polar surface area (TPSA) is 49.8 Å². The van der Waals surface area contributed by atoms with Crippen LogP contribution in [0, 0.1) is 0 Å². The molecule has 2 rings (SSSR count). The molecule has 16 heavy (non-hydrogen) atoms. The van der Waals surface area contributed by atoms with Gasteiger partial charge in [0.25, 0.3) is 0 Å². The van der Waals surface area contributed by atoms with E-state index < -0.39 is 0 Å². The van der Waals surface area contributed by atoms with Gasteiger partial charge >= 0.3 is 0 Å². The lowest BCUT2D eigenvalue weighted by Gasteiger charge is -2.26. The zero-order chi connectivity index (χ0) is 11.4. The van der Waals surface area contributed by atoms with Gasteiger partial charge in [-0.05, 0) is 32.1 Å². The zero-order valence-corrected chi connectivity index (χ0v) is 9.73. The molecule has 1 N–H and O–H groups in total. The lowest BCUT2D eigenvalue weighted by atomic mass is 10.1. The van der Waals surface area contributed by atoms with Crippen molar-refractivity contribution in [1.29, 1.82) is 0 Å². The number of carbonyl (C=O) groups excluding carboxylic acids is 1. The van der Waals surface area contributed by atoms with Crippen molar-refractivity contribution in [3.8, 4) is 0 Å². The molecule has 0 aromatic rings. The summed E-state index contributed by atoms with van der Waals surface area (Å²) in [6.07, 6.45) is 6.09. The van der Waals surface area contributed by atoms with E-state index in [4.69, 9.17) is 9.84 Å². The lowest BCUT2D eigenvalue weighted by molar-refractivity contribution is -0.136. The molecule has 92 valence electrons. The molecular weight excluding hydrogens is 206 g/mol. The molecule has 1 atom stereocenters. The molecule has 1 unspecified atom stereocenters. The molecule has 4 nitrogen and oxygen atoms in total. The van der Waals surface area contributed by atoms with Gasteiger partial charge in [0, 0.05) is 19.2 Å². The molecule has 1 amide bonds. The summed E-state index contributed by atoms with van der Waals surface area (Å²) in [5, 5.41) is 8.94. The Bertz CT molecular complexity index is 234. The number of ether oxygens (including phenoxy) is 1. The fraction of sp³-hybridized carbons (Fsp3) is 0.917. The van der Waals surface area contributed by atoms with Gasteiger partial charge in [-0.2, -0.15) is 0 Å². The molecule has 1 heterocycles. The van der Waals surface area contributed by atoms with Gasteiger partial charge in [-0.25, -0.2) is 0 Å². The van der Waals surface area contributed by atoms with Gasteiger partial charge in [0.1, 0.15) is 0 Å². The summed E-state index contributed by atoms with van der Waals surface area (Å²) in [5.41, 5.74) is 0. The molecule has 1 aliphatic carbocycles. The SMILES string of the molecule is O=C(CC1CCCCO1)N(CCO)C1CC1. The van der Waals surface area contributed by atoms with Crippen molar-refractivity contribution in [2.24, 2.45) is 0 Å². The lowest BCUT2D eigenvalue weighted by Crippen LogP contribution is -2.38. The maximum atomic E-state index is 12.0. The van der Waals surface area contributed by atoms with Crippen LogP contribution in [0.25, 0.3) is 0 Å². The molecule has 1 saturated heterocycles. The maximum Gasteiger partial charge on any atom is 0.225 e. The van der Waals surface area contributed by atoms with Gasteiger partial charge in [-0.3, -0.25) is 4.79 Å². The van der Waals surface area contributed by atoms with Crippen LogP contribution in [0.4, 0.5) is 0 Å². The molecule has 0 aromatic carbocycles. The van der Waals surface area contributed by atoms with Crippen LogP contribution >= 0.6 is 0 Å². The minimum atomic E-state index is 0.0633. The molecule has 1 aliphatic heterocycles. The predicted octanol–water partition coefficient (Wildman–Crippen LogP) is 0.929. The first-order valence-corrected chi connectivity index (χ1v) is 6.33. The van der Waals surface area contributed by atoms with Crippen molar-refractivity contribution >= 4 is 5.91 Å². The van der Waals surface area contributed by atoms with E-state index in [1.54, 1.807) is 0 Å². The summed E-state index contributed by atoms with van der Waals surface area (Å²) < 4.78 is 5.57. The molecule has 0 aromatic heterocycles. The first-order chi connectivity index (χ1) is 7.81. The smallest absolute Gasteiger partial charge is 0.225 e. The van der Waals surface area contributed by atoms with E-state index in [1.165, 1.54) is 6.42 Å². The van der Waals surface area contributed by atoms with Crippen LogP contribution in [0.5, 0.6) is 0 Å². The second kappa shape index (κ2) is 5.64. The first kappa shape index (κ1) is 11.9. The monoisotopic (exact) mass is 227 g/mol. The number of rotatable bonds is 5. The van der Waals surface area contributed by atoms with Gasteiger partial charge in [0.05, 0.1) is 19.1 Å². The Hall–Kier alpha value is -0.610. The Labute approximate surface area is 96.6 Å². The van der Waals surface area contributed by atoms with E-state index in [-0.39, 0.29) is 18.6 Å². The Morgan fingerprint density at radius 2 is 2.12 bits per heavy atom. The Morgan fingerprint density at radius 1 is 1.31 bits per heavy atom. The normalized spacial score (nSPS) is 25.4. The highest BCUT2D eigenvalue weighted by Crippen LogP contribution is 2.28. The summed E-state index contributed by atoms with van der Waals surface area (Å²) in [5.74, 6) is 0.156. The first-order valence-electron chi connectivity index (χ1n) is 6.33. The van der Waals surface area contributed by atoms with Crippen molar-refractivity contribution in [3.63, 3.8) is 0 Å². The van der Waals surface area contributed by atoms with E-state index in [1.807, 2.05) is 4.90 Å². The highest BCUT2D eigenvalue weighted by Gasteiger charge is 2.33.